The number of ether oxygens (including phenoxy) is 2. The second kappa shape index (κ2) is 8.19. The third kappa shape index (κ3) is 4.25. The Morgan fingerprint density at radius 2 is 1.85 bits per heavy atom. The molecule has 6 nitrogen and oxygen atoms in total. The van der Waals surface area contributed by atoms with Gasteiger partial charge in [-0.15, -0.1) is 0 Å². The van der Waals surface area contributed by atoms with Crippen LogP contribution in [0.25, 0.3) is 0 Å². The maximum absolute atomic E-state index is 5.96. The monoisotopic (exact) mass is 298 g/mol. The van der Waals surface area contributed by atoms with Gasteiger partial charge in [0.15, 0.2) is 0 Å². The predicted octanol–water partition coefficient (Wildman–Crippen LogP) is 1.72. The fourth-order valence-corrected chi connectivity index (χ4v) is 1.75. The molecule has 1 aromatic carbocycles. The van der Waals surface area contributed by atoms with Crippen molar-refractivity contribution in [1.29, 1.82) is 0 Å². The van der Waals surface area contributed by atoms with Crippen LogP contribution in [-0.4, -0.2) is 21.3 Å². The second-order valence-corrected chi connectivity index (χ2v) is 4.06. The van der Waals surface area contributed by atoms with Gasteiger partial charge in [-0.3, -0.25) is 0 Å². The van der Waals surface area contributed by atoms with Gasteiger partial charge in [-0.05, 0) is 18.2 Å². The van der Waals surface area contributed by atoms with Crippen LogP contribution in [0.5, 0.6) is 11.5 Å². The minimum atomic E-state index is 0.380. The Hall–Kier alpha value is -2.05. The number of hydrazine groups is 1. The molecule has 1 rings (SSSR count). The van der Waals surface area contributed by atoms with Crippen molar-refractivity contribution in [2.45, 2.75) is 0 Å². The Morgan fingerprint density at radius 3 is 2.30 bits per heavy atom. The minimum Gasteiger partial charge on any atom is -0.494 e. The van der Waals surface area contributed by atoms with Crippen molar-refractivity contribution in [3.63, 3.8) is 0 Å². The Balaban J connectivity index is 3.04. The van der Waals surface area contributed by atoms with E-state index in [-0.39, 0.29) is 0 Å². The maximum atomic E-state index is 5.96. The number of halogens is 1. The number of benzene rings is 1. The lowest BCUT2D eigenvalue weighted by Crippen LogP contribution is -2.24. The summed E-state index contributed by atoms with van der Waals surface area (Å²) in [4.78, 5) is 0. The zero-order valence-corrected chi connectivity index (χ0v) is 12.4. The summed E-state index contributed by atoms with van der Waals surface area (Å²) in [5, 5.41) is 3.49. The number of allylic oxidation sites excluding steroid dienone is 1. The molecule has 0 saturated heterocycles. The van der Waals surface area contributed by atoms with E-state index in [4.69, 9.17) is 26.8 Å². The number of rotatable bonds is 7. The average molecular weight is 299 g/mol. The van der Waals surface area contributed by atoms with E-state index in [0.29, 0.717) is 28.0 Å². The molecule has 0 aromatic heterocycles. The van der Waals surface area contributed by atoms with Gasteiger partial charge in [0.05, 0.1) is 19.9 Å². The van der Waals surface area contributed by atoms with Crippen LogP contribution >= 0.6 is 11.6 Å². The summed E-state index contributed by atoms with van der Waals surface area (Å²) >= 11 is 5.96. The van der Waals surface area contributed by atoms with Gasteiger partial charge < -0.3 is 25.9 Å². The third-order valence-corrected chi connectivity index (χ3v) is 2.61. The molecule has 0 fully saturated rings. The van der Waals surface area contributed by atoms with Gasteiger partial charge in [-0.1, -0.05) is 17.7 Å². The number of hydrogen-bond donors (Lipinski definition) is 4. The van der Waals surface area contributed by atoms with Crippen LogP contribution in [0.4, 0.5) is 5.69 Å². The highest BCUT2D eigenvalue weighted by Gasteiger charge is 2.10. The van der Waals surface area contributed by atoms with E-state index < -0.39 is 0 Å². The first-order chi connectivity index (χ1) is 9.65. The van der Waals surface area contributed by atoms with Crippen molar-refractivity contribution in [3.8, 4) is 11.5 Å². The first kappa shape index (κ1) is 16.0. The smallest absolute Gasteiger partial charge is 0.146 e. The van der Waals surface area contributed by atoms with E-state index in [1.165, 1.54) is 6.20 Å². The lowest BCUT2D eigenvalue weighted by atomic mass is 10.2. The first-order valence-corrected chi connectivity index (χ1v) is 6.24. The summed E-state index contributed by atoms with van der Waals surface area (Å²) in [6.45, 7) is 0. The molecular weight excluding hydrogens is 280 g/mol. The highest BCUT2D eigenvalue weighted by Crippen LogP contribution is 2.35. The first-order valence-electron chi connectivity index (χ1n) is 5.86. The normalized spacial score (nSPS) is 12.0. The number of hydrogen-bond acceptors (Lipinski definition) is 6. The van der Waals surface area contributed by atoms with Gasteiger partial charge in [0.1, 0.15) is 22.3 Å². The maximum Gasteiger partial charge on any atom is 0.146 e. The molecule has 110 valence electrons. The van der Waals surface area contributed by atoms with Gasteiger partial charge in [0.2, 0.25) is 0 Å². The van der Waals surface area contributed by atoms with Gasteiger partial charge >= 0.3 is 0 Å². The number of para-hydroxylation sites is 1. The number of nitrogens with two attached hydrogens (primary N) is 1. The Labute approximate surface area is 123 Å². The van der Waals surface area contributed by atoms with Crippen molar-refractivity contribution in [2.75, 3.05) is 26.6 Å². The molecule has 5 N–H and O–H groups in total. The highest BCUT2D eigenvalue weighted by molar-refractivity contribution is 6.29. The van der Waals surface area contributed by atoms with Gasteiger partial charge in [-0.2, -0.15) is 0 Å². The fraction of sp³-hybridized carbons (Fsp3) is 0.231. The van der Waals surface area contributed by atoms with Crippen LogP contribution in [-0.2, 0) is 0 Å². The molecule has 1 aromatic rings. The molecule has 7 heteroatoms. The van der Waals surface area contributed by atoms with Crippen LogP contribution in [0.15, 0.2) is 41.3 Å². The van der Waals surface area contributed by atoms with Crippen molar-refractivity contribution in [1.82, 2.24) is 10.9 Å². The summed E-state index contributed by atoms with van der Waals surface area (Å²) in [5.41, 5.74) is 12.3. The molecule has 0 atom stereocenters. The van der Waals surface area contributed by atoms with Crippen molar-refractivity contribution in [3.05, 3.63) is 41.3 Å². The standard InChI is InChI=1S/C13H19ClN4O2/c1-16-18-12(14)7-9(8-15)17-13-10(19-2)5-4-6-11(13)20-3/h4-8,16-18H,15H2,1-3H3/b9-8+,12-7-. The molecular formula is C13H19ClN4O2. The summed E-state index contributed by atoms with van der Waals surface area (Å²) < 4.78 is 10.6. The van der Waals surface area contributed by atoms with Crippen LogP contribution in [0, 0.1) is 0 Å². The third-order valence-electron chi connectivity index (χ3n) is 2.40. The second-order valence-electron chi connectivity index (χ2n) is 3.65. The van der Waals surface area contributed by atoms with Gasteiger partial charge in [0, 0.05) is 13.2 Å². The molecule has 0 heterocycles. The Kier molecular flexibility index (Phi) is 6.55. The predicted molar refractivity (Wildman–Crippen MR) is 81.6 cm³/mol. The molecule has 0 bridgehead atoms. The summed E-state index contributed by atoms with van der Waals surface area (Å²) in [5.74, 6) is 1.27. The Morgan fingerprint density at radius 1 is 1.25 bits per heavy atom. The zero-order valence-electron chi connectivity index (χ0n) is 11.7. The van der Waals surface area contributed by atoms with Crippen LogP contribution in [0.2, 0.25) is 0 Å². The number of nitrogens with one attached hydrogen (secondary N) is 3. The molecule has 20 heavy (non-hydrogen) atoms. The van der Waals surface area contributed by atoms with Crippen molar-refractivity contribution in [2.24, 2.45) is 5.73 Å². The molecule has 0 spiro atoms. The molecule has 0 aliphatic carbocycles. The lowest BCUT2D eigenvalue weighted by Gasteiger charge is -2.15. The SMILES string of the molecule is CNN/C(Cl)=C\C(=C/N)Nc1c(OC)cccc1OC. The summed E-state index contributed by atoms with van der Waals surface area (Å²) in [6.07, 6.45) is 3.02. The molecule has 0 aliphatic rings. The van der Waals surface area contributed by atoms with E-state index in [1.54, 1.807) is 27.3 Å². The van der Waals surface area contributed by atoms with E-state index in [2.05, 4.69) is 16.2 Å². The van der Waals surface area contributed by atoms with Crippen molar-refractivity contribution >= 4 is 17.3 Å². The number of methoxy groups -OCH3 is 2. The van der Waals surface area contributed by atoms with Crippen molar-refractivity contribution < 1.29 is 9.47 Å². The van der Waals surface area contributed by atoms with E-state index in [9.17, 15) is 0 Å². The van der Waals surface area contributed by atoms with Gasteiger partial charge in [0.25, 0.3) is 0 Å². The molecule has 0 unspecified atom stereocenters. The molecule has 0 amide bonds. The largest absolute Gasteiger partial charge is 0.494 e. The molecule has 0 aliphatic heterocycles. The number of anilines is 1. The van der Waals surface area contributed by atoms with E-state index in [0.717, 1.165) is 0 Å². The van der Waals surface area contributed by atoms with Crippen LogP contribution in [0.1, 0.15) is 0 Å². The Bertz CT molecular complexity index is 481. The van der Waals surface area contributed by atoms with E-state index in [1.807, 2.05) is 18.2 Å². The fourth-order valence-electron chi connectivity index (χ4n) is 1.54. The molecule has 0 radical (unpaired) electrons. The molecule has 0 saturated carbocycles. The van der Waals surface area contributed by atoms with E-state index >= 15 is 0 Å². The minimum absolute atomic E-state index is 0.380. The quantitative estimate of drug-likeness (QED) is 0.349. The topological polar surface area (TPSA) is 80.6 Å². The summed E-state index contributed by atoms with van der Waals surface area (Å²) in [6, 6.07) is 5.46. The van der Waals surface area contributed by atoms with Gasteiger partial charge in [-0.25, -0.2) is 5.43 Å². The highest BCUT2D eigenvalue weighted by atomic mass is 35.5. The zero-order chi connectivity index (χ0) is 15.0. The van der Waals surface area contributed by atoms with Crippen LogP contribution < -0.4 is 31.4 Å². The summed E-state index contributed by atoms with van der Waals surface area (Å²) in [7, 11) is 4.87. The van der Waals surface area contributed by atoms with Crippen LogP contribution in [0.3, 0.4) is 0 Å². The average Bonchev–Trinajstić information content (AvgIpc) is 2.46. The lowest BCUT2D eigenvalue weighted by molar-refractivity contribution is 0.398.